The van der Waals surface area contributed by atoms with Crippen LogP contribution < -0.4 is 4.74 Å². The molecule has 1 heterocycles. The SMILES string of the molecule is COc1ccc(CC(=O)N2CCCN(C(=O)c3ccccc3O)CC2)cc1. The Labute approximate surface area is 159 Å². The van der Waals surface area contributed by atoms with Crippen LogP contribution in [-0.2, 0) is 11.2 Å². The Morgan fingerprint density at radius 2 is 1.63 bits per heavy atom. The highest BCUT2D eigenvalue weighted by molar-refractivity contribution is 5.96. The summed E-state index contributed by atoms with van der Waals surface area (Å²) in [6, 6.07) is 14.0. The van der Waals surface area contributed by atoms with Crippen LogP contribution >= 0.6 is 0 Å². The number of carbonyl (C=O) groups excluding carboxylic acids is 2. The summed E-state index contributed by atoms with van der Waals surface area (Å²) in [6.45, 7) is 2.15. The molecule has 27 heavy (non-hydrogen) atoms. The first kappa shape index (κ1) is 18.8. The van der Waals surface area contributed by atoms with Gasteiger partial charge in [-0.15, -0.1) is 0 Å². The Morgan fingerprint density at radius 1 is 0.963 bits per heavy atom. The van der Waals surface area contributed by atoms with Crippen molar-refractivity contribution in [2.75, 3.05) is 33.3 Å². The highest BCUT2D eigenvalue weighted by Gasteiger charge is 2.24. The van der Waals surface area contributed by atoms with Gasteiger partial charge in [0.2, 0.25) is 5.91 Å². The van der Waals surface area contributed by atoms with Gasteiger partial charge in [0.05, 0.1) is 19.1 Å². The van der Waals surface area contributed by atoms with Gasteiger partial charge in [0, 0.05) is 26.2 Å². The third-order valence-corrected chi connectivity index (χ3v) is 4.78. The van der Waals surface area contributed by atoms with Gasteiger partial charge in [0.25, 0.3) is 5.91 Å². The molecule has 3 rings (SSSR count). The van der Waals surface area contributed by atoms with Crippen molar-refractivity contribution in [1.82, 2.24) is 9.80 Å². The Balaban J connectivity index is 1.59. The summed E-state index contributed by atoms with van der Waals surface area (Å²) in [6.07, 6.45) is 1.05. The Bertz CT molecular complexity index is 804. The molecular weight excluding hydrogens is 344 g/mol. The smallest absolute Gasteiger partial charge is 0.257 e. The quantitative estimate of drug-likeness (QED) is 0.899. The summed E-state index contributed by atoms with van der Waals surface area (Å²) >= 11 is 0. The lowest BCUT2D eigenvalue weighted by Gasteiger charge is -2.22. The summed E-state index contributed by atoms with van der Waals surface area (Å²) < 4.78 is 5.14. The maximum absolute atomic E-state index is 12.7. The summed E-state index contributed by atoms with van der Waals surface area (Å²) in [4.78, 5) is 28.8. The van der Waals surface area contributed by atoms with Gasteiger partial charge in [-0.1, -0.05) is 24.3 Å². The van der Waals surface area contributed by atoms with Crippen LogP contribution in [0.1, 0.15) is 22.3 Å². The van der Waals surface area contributed by atoms with E-state index in [2.05, 4.69) is 0 Å². The van der Waals surface area contributed by atoms with Crippen molar-refractivity contribution in [3.63, 3.8) is 0 Å². The number of para-hydroxylation sites is 1. The number of nitrogens with zero attached hydrogens (tertiary/aromatic N) is 2. The van der Waals surface area contributed by atoms with E-state index in [9.17, 15) is 14.7 Å². The molecule has 0 atom stereocenters. The Kier molecular flexibility index (Phi) is 5.96. The van der Waals surface area contributed by atoms with Crippen LogP contribution in [0, 0.1) is 0 Å². The van der Waals surface area contributed by atoms with Crippen LogP contribution in [0.3, 0.4) is 0 Å². The Hall–Kier alpha value is -3.02. The monoisotopic (exact) mass is 368 g/mol. The van der Waals surface area contributed by atoms with Crippen LogP contribution in [0.2, 0.25) is 0 Å². The summed E-state index contributed by atoms with van der Waals surface area (Å²) in [5.74, 6) is 0.605. The van der Waals surface area contributed by atoms with Gasteiger partial charge in [-0.05, 0) is 36.2 Å². The van der Waals surface area contributed by atoms with E-state index in [4.69, 9.17) is 4.74 Å². The minimum absolute atomic E-state index is 0.0146. The van der Waals surface area contributed by atoms with Gasteiger partial charge in [-0.3, -0.25) is 9.59 Å². The van der Waals surface area contributed by atoms with Gasteiger partial charge in [-0.25, -0.2) is 0 Å². The van der Waals surface area contributed by atoms with Crippen molar-refractivity contribution in [2.24, 2.45) is 0 Å². The van der Waals surface area contributed by atoms with Crippen molar-refractivity contribution in [3.8, 4) is 11.5 Å². The molecule has 6 heteroatoms. The standard InChI is InChI=1S/C21H24N2O4/c1-27-17-9-7-16(8-10-17)15-20(25)22-11-4-12-23(14-13-22)21(26)18-5-2-3-6-19(18)24/h2-3,5-10,24H,4,11-15H2,1H3. The van der Waals surface area contributed by atoms with Crippen LogP contribution in [0.25, 0.3) is 0 Å². The number of phenols is 1. The first-order chi connectivity index (χ1) is 13.1. The lowest BCUT2D eigenvalue weighted by atomic mass is 10.1. The van der Waals surface area contributed by atoms with Crippen LogP contribution in [0.15, 0.2) is 48.5 Å². The van der Waals surface area contributed by atoms with Gasteiger partial charge >= 0.3 is 0 Å². The van der Waals surface area contributed by atoms with E-state index < -0.39 is 0 Å². The van der Waals surface area contributed by atoms with E-state index in [1.165, 1.54) is 6.07 Å². The molecule has 1 aliphatic rings. The molecule has 0 unspecified atom stereocenters. The molecule has 0 bridgehead atoms. The molecule has 0 radical (unpaired) electrons. The van der Waals surface area contributed by atoms with Crippen molar-refractivity contribution >= 4 is 11.8 Å². The molecule has 6 nitrogen and oxygen atoms in total. The molecule has 0 spiro atoms. The fourth-order valence-corrected chi connectivity index (χ4v) is 3.22. The maximum Gasteiger partial charge on any atom is 0.257 e. The van der Waals surface area contributed by atoms with E-state index in [0.717, 1.165) is 11.3 Å². The second-order valence-electron chi connectivity index (χ2n) is 6.57. The van der Waals surface area contributed by atoms with Crippen molar-refractivity contribution < 1.29 is 19.4 Å². The molecule has 0 saturated carbocycles. The average Bonchev–Trinajstić information content (AvgIpc) is 2.95. The number of amides is 2. The lowest BCUT2D eigenvalue weighted by molar-refractivity contribution is -0.130. The van der Waals surface area contributed by atoms with Gasteiger partial charge in [0.15, 0.2) is 0 Å². The number of phenolic OH excluding ortho intramolecular Hbond substituents is 1. The summed E-state index contributed by atoms with van der Waals surface area (Å²) in [5, 5.41) is 9.90. The average molecular weight is 368 g/mol. The second-order valence-corrected chi connectivity index (χ2v) is 6.57. The number of methoxy groups -OCH3 is 1. The van der Waals surface area contributed by atoms with Crippen LogP contribution in [-0.4, -0.2) is 60.0 Å². The fraction of sp³-hybridized carbons (Fsp3) is 0.333. The Morgan fingerprint density at radius 3 is 2.33 bits per heavy atom. The molecule has 1 saturated heterocycles. The summed E-state index contributed by atoms with van der Waals surface area (Å²) in [5.41, 5.74) is 1.24. The number of hydrogen-bond donors (Lipinski definition) is 1. The van der Waals surface area contributed by atoms with E-state index in [1.807, 2.05) is 29.2 Å². The minimum Gasteiger partial charge on any atom is -0.507 e. The van der Waals surface area contributed by atoms with Gasteiger partial charge in [-0.2, -0.15) is 0 Å². The van der Waals surface area contributed by atoms with Crippen molar-refractivity contribution in [1.29, 1.82) is 0 Å². The van der Waals surface area contributed by atoms with Crippen molar-refractivity contribution in [3.05, 3.63) is 59.7 Å². The first-order valence-electron chi connectivity index (χ1n) is 9.06. The first-order valence-corrected chi connectivity index (χ1v) is 9.06. The molecular formula is C21H24N2O4. The summed E-state index contributed by atoms with van der Waals surface area (Å²) in [7, 11) is 1.61. The predicted octanol–water partition coefficient (Wildman–Crippen LogP) is 2.32. The van der Waals surface area contributed by atoms with Gasteiger partial charge in [0.1, 0.15) is 11.5 Å². The third-order valence-electron chi connectivity index (χ3n) is 4.78. The number of rotatable bonds is 4. The fourth-order valence-electron chi connectivity index (χ4n) is 3.22. The van der Waals surface area contributed by atoms with Gasteiger partial charge < -0.3 is 19.6 Å². The molecule has 0 aromatic heterocycles. The third kappa shape index (κ3) is 4.58. The van der Waals surface area contributed by atoms with E-state index in [0.29, 0.717) is 44.6 Å². The number of aromatic hydroxyl groups is 1. The van der Waals surface area contributed by atoms with E-state index >= 15 is 0 Å². The highest BCUT2D eigenvalue weighted by atomic mass is 16.5. The zero-order valence-corrected chi connectivity index (χ0v) is 15.4. The minimum atomic E-state index is -0.197. The topological polar surface area (TPSA) is 70.1 Å². The number of hydrogen-bond acceptors (Lipinski definition) is 4. The van der Waals surface area contributed by atoms with E-state index in [-0.39, 0.29) is 17.6 Å². The highest BCUT2D eigenvalue weighted by Crippen LogP contribution is 2.19. The molecule has 2 aromatic carbocycles. The molecule has 1 fully saturated rings. The molecule has 2 aromatic rings. The molecule has 1 N–H and O–H groups in total. The van der Waals surface area contributed by atoms with Crippen LogP contribution in [0.4, 0.5) is 0 Å². The number of ether oxygens (including phenoxy) is 1. The molecule has 0 aliphatic carbocycles. The molecule has 2 amide bonds. The zero-order valence-electron chi connectivity index (χ0n) is 15.4. The zero-order chi connectivity index (χ0) is 19.2. The van der Waals surface area contributed by atoms with E-state index in [1.54, 1.807) is 30.2 Å². The molecule has 1 aliphatic heterocycles. The normalized spacial score (nSPS) is 14.6. The maximum atomic E-state index is 12.7. The lowest BCUT2D eigenvalue weighted by Crippen LogP contribution is -2.38. The van der Waals surface area contributed by atoms with Crippen molar-refractivity contribution in [2.45, 2.75) is 12.8 Å². The number of carbonyl (C=O) groups is 2. The second kappa shape index (κ2) is 8.58. The largest absolute Gasteiger partial charge is 0.507 e. The number of benzene rings is 2. The predicted molar refractivity (Wildman–Crippen MR) is 102 cm³/mol. The molecule has 142 valence electrons. The van der Waals surface area contributed by atoms with Crippen LogP contribution in [0.5, 0.6) is 11.5 Å².